The molecule has 1 aromatic heterocycles. The average Bonchev–Trinajstić information content (AvgIpc) is 3.02. The molecule has 1 aliphatic heterocycles. The Balaban J connectivity index is 1.66. The number of aliphatic imine (C=N–C) groups is 1. The number of aryl methyl sites for hydroxylation is 2. The maximum absolute atomic E-state index is 5.81. The summed E-state index contributed by atoms with van der Waals surface area (Å²) in [5, 5.41) is 11.4. The summed E-state index contributed by atoms with van der Waals surface area (Å²) >= 11 is 0. The third-order valence-corrected chi connectivity index (χ3v) is 5.14. The highest BCUT2D eigenvalue weighted by molar-refractivity contribution is 5.79. The van der Waals surface area contributed by atoms with Crippen LogP contribution >= 0.6 is 0 Å². The Morgan fingerprint density at radius 2 is 2.04 bits per heavy atom. The number of rotatable bonds is 10. The highest BCUT2D eigenvalue weighted by Gasteiger charge is 2.14. The van der Waals surface area contributed by atoms with Gasteiger partial charge >= 0.3 is 0 Å². The fraction of sp³-hybridized carbons (Fsp3) is 0.800. The SMILES string of the molecule is CCc1nn(C)c(CC)c1CNC(=NC)NCCCOCC1CCOCC1. The Labute approximate surface area is 163 Å². The normalized spacial score (nSPS) is 15.9. The van der Waals surface area contributed by atoms with Crippen LogP contribution in [0.15, 0.2) is 4.99 Å². The summed E-state index contributed by atoms with van der Waals surface area (Å²) < 4.78 is 13.2. The predicted molar refractivity (Wildman–Crippen MR) is 109 cm³/mol. The van der Waals surface area contributed by atoms with Gasteiger partial charge in [-0.1, -0.05) is 13.8 Å². The Hall–Kier alpha value is -1.60. The van der Waals surface area contributed by atoms with Crippen molar-refractivity contribution in [2.45, 2.75) is 52.5 Å². The van der Waals surface area contributed by atoms with Crippen molar-refractivity contribution < 1.29 is 9.47 Å². The first-order valence-corrected chi connectivity index (χ1v) is 10.3. The lowest BCUT2D eigenvalue weighted by molar-refractivity contribution is 0.0203. The second kappa shape index (κ2) is 12.0. The summed E-state index contributed by atoms with van der Waals surface area (Å²) in [5.74, 6) is 1.49. The molecular formula is C20H37N5O2. The smallest absolute Gasteiger partial charge is 0.191 e. The van der Waals surface area contributed by atoms with E-state index < -0.39 is 0 Å². The van der Waals surface area contributed by atoms with Crippen LogP contribution in [0.3, 0.4) is 0 Å². The van der Waals surface area contributed by atoms with Crippen LogP contribution in [0.5, 0.6) is 0 Å². The van der Waals surface area contributed by atoms with Gasteiger partial charge in [-0.05, 0) is 38.0 Å². The van der Waals surface area contributed by atoms with Crippen molar-refractivity contribution >= 4 is 5.96 Å². The summed E-state index contributed by atoms with van der Waals surface area (Å²) in [7, 11) is 3.83. The maximum Gasteiger partial charge on any atom is 0.191 e. The molecule has 27 heavy (non-hydrogen) atoms. The van der Waals surface area contributed by atoms with Crippen LogP contribution < -0.4 is 10.6 Å². The number of ether oxygens (including phenoxy) is 2. The number of nitrogens with one attached hydrogen (secondary N) is 2. The number of hydrogen-bond donors (Lipinski definition) is 2. The van der Waals surface area contributed by atoms with Crippen molar-refractivity contribution in [3.05, 3.63) is 17.0 Å². The van der Waals surface area contributed by atoms with Gasteiger partial charge in [-0.15, -0.1) is 0 Å². The van der Waals surface area contributed by atoms with E-state index >= 15 is 0 Å². The molecule has 0 atom stereocenters. The van der Waals surface area contributed by atoms with Crippen molar-refractivity contribution in [2.24, 2.45) is 18.0 Å². The minimum Gasteiger partial charge on any atom is -0.381 e. The first kappa shape index (κ1) is 21.7. The zero-order chi connectivity index (χ0) is 19.5. The van der Waals surface area contributed by atoms with Crippen LogP contribution in [0, 0.1) is 5.92 Å². The molecule has 0 unspecified atom stereocenters. The molecule has 0 saturated carbocycles. The molecule has 2 rings (SSSR count). The average molecular weight is 380 g/mol. The third kappa shape index (κ3) is 6.81. The van der Waals surface area contributed by atoms with E-state index in [4.69, 9.17) is 9.47 Å². The molecule has 1 aromatic rings. The van der Waals surface area contributed by atoms with Crippen LogP contribution in [0.4, 0.5) is 0 Å². The van der Waals surface area contributed by atoms with Gasteiger partial charge in [0.05, 0.1) is 5.69 Å². The minimum atomic E-state index is 0.668. The zero-order valence-corrected chi connectivity index (χ0v) is 17.5. The van der Waals surface area contributed by atoms with E-state index in [-0.39, 0.29) is 0 Å². The predicted octanol–water partition coefficient (Wildman–Crippen LogP) is 2.04. The van der Waals surface area contributed by atoms with E-state index in [1.165, 1.54) is 17.0 Å². The topological polar surface area (TPSA) is 72.7 Å². The van der Waals surface area contributed by atoms with Crippen LogP contribution in [-0.4, -0.2) is 55.8 Å². The quantitative estimate of drug-likeness (QED) is 0.370. The maximum atomic E-state index is 5.81. The molecule has 2 heterocycles. The molecule has 0 spiro atoms. The van der Waals surface area contributed by atoms with Crippen LogP contribution in [0.1, 0.15) is 50.1 Å². The lowest BCUT2D eigenvalue weighted by Crippen LogP contribution is -2.38. The van der Waals surface area contributed by atoms with Crippen molar-refractivity contribution in [3.63, 3.8) is 0 Å². The second-order valence-electron chi connectivity index (χ2n) is 7.04. The van der Waals surface area contributed by atoms with Gasteiger partial charge in [0.15, 0.2) is 5.96 Å². The summed E-state index contributed by atoms with van der Waals surface area (Å²) in [6.45, 7) is 9.33. The van der Waals surface area contributed by atoms with Crippen molar-refractivity contribution in [1.29, 1.82) is 0 Å². The molecule has 1 fully saturated rings. The van der Waals surface area contributed by atoms with Crippen LogP contribution in [0.25, 0.3) is 0 Å². The number of aromatic nitrogens is 2. The van der Waals surface area contributed by atoms with Crippen molar-refractivity contribution in [3.8, 4) is 0 Å². The molecule has 0 radical (unpaired) electrons. The Morgan fingerprint density at radius 3 is 2.70 bits per heavy atom. The summed E-state index contributed by atoms with van der Waals surface area (Å²) in [4.78, 5) is 4.32. The highest BCUT2D eigenvalue weighted by Crippen LogP contribution is 2.15. The lowest BCUT2D eigenvalue weighted by Gasteiger charge is -2.21. The zero-order valence-electron chi connectivity index (χ0n) is 17.5. The van der Waals surface area contributed by atoms with Crippen LogP contribution in [0.2, 0.25) is 0 Å². The van der Waals surface area contributed by atoms with Crippen molar-refractivity contribution in [1.82, 2.24) is 20.4 Å². The summed E-state index contributed by atoms with van der Waals surface area (Å²) in [6.07, 6.45) is 5.15. The van der Waals surface area contributed by atoms with Gasteiger partial charge in [0.2, 0.25) is 0 Å². The summed E-state index contributed by atoms with van der Waals surface area (Å²) in [5.41, 5.74) is 3.75. The summed E-state index contributed by atoms with van der Waals surface area (Å²) in [6, 6.07) is 0. The van der Waals surface area contributed by atoms with E-state index in [1.54, 1.807) is 0 Å². The molecule has 0 amide bonds. The molecule has 1 aliphatic rings. The second-order valence-corrected chi connectivity index (χ2v) is 7.04. The first-order chi connectivity index (χ1) is 13.2. The van der Waals surface area contributed by atoms with E-state index in [0.717, 1.165) is 77.6 Å². The Kier molecular flexibility index (Phi) is 9.62. The molecule has 154 valence electrons. The van der Waals surface area contributed by atoms with E-state index in [1.807, 2.05) is 18.8 Å². The number of nitrogens with zero attached hydrogens (tertiary/aromatic N) is 3. The molecule has 0 aliphatic carbocycles. The molecule has 1 saturated heterocycles. The molecule has 0 aromatic carbocycles. The van der Waals surface area contributed by atoms with Gasteiger partial charge in [-0.3, -0.25) is 9.67 Å². The van der Waals surface area contributed by atoms with Gasteiger partial charge in [-0.2, -0.15) is 5.10 Å². The van der Waals surface area contributed by atoms with E-state index in [0.29, 0.717) is 5.92 Å². The van der Waals surface area contributed by atoms with E-state index in [9.17, 15) is 0 Å². The molecule has 7 heteroatoms. The third-order valence-electron chi connectivity index (χ3n) is 5.14. The number of hydrogen-bond acceptors (Lipinski definition) is 4. The molecule has 7 nitrogen and oxygen atoms in total. The molecule has 0 bridgehead atoms. The Morgan fingerprint density at radius 1 is 1.26 bits per heavy atom. The fourth-order valence-electron chi connectivity index (χ4n) is 3.53. The molecular weight excluding hydrogens is 342 g/mol. The lowest BCUT2D eigenvalue weighted by atomic mass is 10.0. The standard InChI is InChI=1S/C20H37N5O2/c1-5-18-17(19(6-2)25(4)24-18)14-23-20(21-3)22-10-7-11-27-15-16-8-12-26-13-9-16/h16H,5-15H2,1-4H3,(H2,21,22,23). The first-order valence-electron chi connectivity index (χ1n) is 10.3. The van der Waals surface area contributed by atoms with E-state index in [2.05, 4.69) is 34.6 Å². The van der Waals surface area contributed by atoms with Gasteiger partial charge in [-0.25, -0.2) is 0 Å². The van der Waals surface area contributed by atoms with Crippen LogP contribution in [-0.2, 0) is 35.9 Å². The monoisotopic (exact) mass is 379 g/mol. The van der Waals surface area contributed by atoms with Gasteiger partial charge in [0, 0.05) is 64.9 Å². The van der Waals surface area contributed by atoms with Crippen molar-refractivity contribution in [2.75, 3.05) is 40.0 Å². The highest BCUT2D eigenvalue weighted by atomic mass is 16.5. The number of guanidine groups is 1. The Bertz CT molecular complexity index is 579. The molecule has 2 N–H and O–H groups in total. The van der Waals surface area contributed by atoms with Gasteiger partial charge < -0.3 is 20.1 Å². The largest absolute Gasteiger partial charge is 0.381 e. The van der Waals surface area contributed by atoms with Gasteiger partial charge in [0.25, 0.3) is 0 Å². The minimum absolute atomic E-state index is 0.668. The van der Waals surface area contributed by atoms with Gasteiger partial charge in [0.1, 0.15) is 0 Å². The fourth-order valence-corrected chi connectivity index (χ4v) is 3.53.